The molecule has 0 unspecified atom stereocenters. The van der Waals surface area contributed by atoms with Crippen molar-refractivity contribution in [3.8, 4) is 11.5 Å². The van der Waals surface area contributed by atoms with Crippen molar-refractivity contribution >= 4 is 11.6 Å². The fourth-order valence-corrected chi connectivity index (χ4v) is 1.91. The average Bonchev–Trinajstić information content (AvgIpc) is 2.38. The first-order valence-corrected chi connectivity index (χ1v) is 6.29. The van der Waals surface area contributed by atoms with Gasteiger partial charge < -0.3 is 9.84 Å². The van der Waals surface area contributed by atoms with Gasteiger partial charge in [0, 0.05) is 10.6 Å². The van der Waals surface area contributed by atoms with Crippen molar-refractivity contribution in [1.29, 1.82) is 0 Å². The SMILES string of the molecule is CC[C@@H](O)c1ccccc1Oc1cccc(Cl)c1. The second-order valence-electron chi connectivity index (χ2n) is 4.02. The summed E-state index contributed by atoms with van der Waals surface area (Å²) >= 11 is 5.91. The lowest BCUT2D eigenvalue weighted by Crippen LogP contribution is -1.98. The third kappa shape index (κ3) is 3.03. The molecule has 2 aromatic rings. The van der Waals surface area contributed by atoms with Gasteiger partial charge in [-0.2, -0.15) is 0 Å². The monoisotopic (exact) mass is 262 g/mol. The van der Waals surface area contributed by atoms with Crippen molar-refractivity contribution < 1.29 is 9.84 Å². The molecule has 2 nitrogen and oxygen atoms in total. The molecule has 0 aliphatic heterocycles. The smallest absolute Gasteiger partial charge is 0.133 e. The molecule has 0 fully saturated rings. The third-order valence-electron chi connectivity index (χ3n) is 2.69. The molecule has 18 heavy (non-hydrogen) atoms. The van der Waals surface area contributed by atoms with Gasteiger partial charge in [-0.15, -0.1) is 0 Å². The molecular weight excluding hydrogens is 248 g/mol. The summed E-state index contributed by atoms with van der Waals surface area (Å²) < 4.78 is 5.77. The predicted octanol–water partition coefficient (Wildman–Crippen LogP) is 4.58. The summed E-state index contributed by atoms with van der Waals surface area (Å²) in [6, 6.07) is 14.7. The van der Waals surface area contributed by atoms with Gasteiger partial charge in [0.1, 0.15) is 11.5 Å². The highest BCUT2D eigenvalue weighted by atomic mass is 35.5. The van der Waals surface area contributed by atoms with E-state index in [9.17, 15) is 5.11 Å². The maximum Gasteiger partial charge on any atom is 0.133 e. The Morgan fingerprint density at radius 3 is 2.67 bits per heavy atom. The van der Waals surface area contributed by atoms with E-state index in [1.807, 2.05) is 43.3 Å². The van der Waals surface area contributed by atoms with Gasteiger partial charge in [-0.05, 0) is 30.7 Å². The minimum Gasteiger partial charge on any atom is -0.457 e. The topological polar surface area (TPSA) is 29.5 Å². The van der Waals surface area contributed by atoms with E-state index in [1.165, 1.54) is 0 Å². The van der Waals surface area contributed by atoms with E-state index in [0.717, 1.165) is 5.56 Å². The van der Waals surface area contributed by atoms with Crippen LogP contribution < -0.4 is 4.74 Å². The number of ether oxygens (including phenoxy) is 1. The summed E-state index contributed by atoms with van der Waals surface area (Å²) in [5.41, 5.74) is 0.792. The third-order valence-corrected chi connectivity index (χ3v) is 2.92. The maximum absolute atomic E-state index is 9.94. The van der Waals surface area contributed by atoms with E-state index in [1.54, 1.807) is 12.1 Å². The van der Waals surface area contributed by atoms with Crippen molar-refractivity contribution in [1.82, 2.24) is 0 Å². The molecule has 0 spiro atoms. The highest BCUT2D eigenvalue weighted by Crippen LogP contribution is 2.31. The number of para-hydroxylation sites is 1. The fraction of sp³-hybridized carbons (Fsp3) is 0.200. The first kappa shape index (κ1) is 12.9. The van der Waals surface area contributed by atoms with Crippen LogP contribution in [0.25, 0.3) is 0 Å². The van der Waals surface area contributed by atoms with Crippen LogP contribution in [0, 0.1) is 0 Å². The predicted molar refractivity (Wildman–Crippen MR) is 73.2 cm³/mol. The largest absolute Gasteiger partial charge is 0.457 e. The van der Waals surface area contributed by atoms with Crippen LogP contribution in [0.3, 0.4) is 0 Å². The number of aliphatic hydroxyl groups is 1. The van der Waals surface area contributed by atoms with Gasteiger partial charge in [0.25, 0.3) is 0 Å². The Hall–Kier alpha value is -1.51. The van der Waals surface area contributed by atoms with Crippen molar-refractivity contribution in [3.63, 3.8) is 0 Å². The molecule has 0 saturated heterocycles. The second-order valence-corrected chi connectivity index (χ2v) is 4.46. The minimum absolute atomic E-state index is 0.514. The first-order valence-electron chi connectivity index (χ1n) is 5.91. The van der Waals surface area contributed by atoms with Gasteiger partial charge >= 0.3 is 0 Å². The summed E-state index contributed by atoms with van der Waals surface area (Å²) in [6.45, 7) is 1.93. The van der Waals surface area contributed by atoms with E-state index < -0.39 is 6.10 Å². The second kappa shape index (κ2) is 5.89. The zero-order valence-corrected chi connectivity index (χ0v) is 10.9. The van der Waals surface area contributed by atoms with E-state index in [2.05, 4.69) is 0 Å². The van der Waals surface area contributed by atoms with E-state index in [0.29, 0.717) is 22.9 Å². The number of halogens is 1. The zero-order chi connectivity index (χ0) is 13.0. The molecule has 0 radical (unpaired) electrons. The summed E-state index contributed by atoms with van der Waals surface area (Å²) in [7, 11) is 0. The number of benzene rings is 2. The Morgan fingerprint density at radius 1 is 1.17 bits per heavy atom. The van der Waals surface area contributed by atoms with E-state index >= 15 is 0 Å². The standard InChI is InChI=1S/C15H15ClO2/c1-2-14(17)13-8-3-4-9-15(13)18-12-7-5-6-11(16)10-12/h3-10,14,17H,2H2,1H3/t14-/m1/s1. The molecule has 0 heterocycles. The minimum atomic E-state index is -0.514. The van der Waals surface area contributed by atoms with Gasteiger partial charge in [0.15, 0.2) is 0 Å². The lowest BCUT2D eigenvalue weighted by atomic mass is 10.1. The van der Waals surface area contributed by atoms with Crippen LogP contribution in [0.1, 0.15) is 25.0 Å². The van der Waals surface area contributed by atoms with Crippen molar-refractivity contribution in [2.45, 2.75) is 19.4 Å². The molecular formula is C15H15ClO2. The van der Waals surface area contributed by atoms with Gasteiger partial charge in [-0.1, -0.05) is 42.8 Å². The zero-order valence-electron chi connectivity index (χ0n) is 10.1. The summed E-state index contributed by atoms with van der Waals surface area (Å²) in [5.74, 6) is 1.33. The molecule has 2 aromatic carbocycles. The summed E-state index contributed by atoms with van der Waals surface area (Å²) in [5, 5.41) is 10.6. The van der Waals surface area contributed by atoms with E-state index in [4.69, 9.17) is 16.3 Å². The van der Waals surface area contributed by atoms with Gasteiger partial charge in [-0.25, -0.2) is 0 Å². The van der Waals surface area contributed by atoms with Gasteiger partial charge in [0.2, 0.25) is 0 Å². The van der Waals surface area contributed by atoms with Crippen molar-refractivity contribution in [2.75, 3.05) is 0 Å². The van der Waals surface area contributed by atoms with Crippen molar-refractivity contribution in [2.24, 2.45) is 0 Å². The molecule has 0 aromatic heterocycles. The van der Waals surface area contributed by atoms with Gasteiger partial charge in [-0.3, -0.25) is 0 Å². The summed E-state index contributed by atoms with van der Waals surface area (Å²) in [4.78, 5) is 0. The average molecular weight is 263 g/mol. The highest BCUT2D eigenvalue weighted by molar-refractivity contribution is 6.30. The van der Waals surface area contributed by atoms with Crippen molar-refractivity contribution in [3.05, 3.63) is 59.1 Å². The Kier molecular flexibility index (Phi) is 4.24. The Bertz CT molecular complexity index is 525. The molecule has 0 aliphatic carbocycles. The number of hydrogen-bond donors (Lipinski definition) is 1. The van der Waals surface area contributed by atoms with Crippen LogP contribution >= 0.6 is 11.6 Å². The summed E-state index contributed by atoms with van der Waals surface area (Å²) in [6.07, 6.45) is 0.135. The number of rotatable bonds is 4. The lowest BCUT2D eigenvalue weighted by Gasteiger charge is -2.14. The Morgan fingerprint density at radius 2 is 1.94 bits per heavy atom. The quantitative estimate of drug-likeness (QED) is 0.874. The van der Waals surface area contributed by atoms with Crippen LogP contribution in [-0.2, 0) is 0 Å². The van der Waals surface area contributed by atoms with Crippen LogP contribution in [0.4, 0.5) is 0 Å². The normalized spacial score (nSPS) is 12.2. The number of aliphatic hydroxyl groups excluding tert-OH is 1. The Balaban J connectivity index is 2.29. The molecule has 2 rings (SSSR count). The molecule has 0 saturated carbocycles. The number of hydrogen-bond acceptors (Lipinski definition) is 2. The van der Waals surface area contributed by atoms with Crippen LogP contribution in [0.5, 0.6) is 11.5 Å². The molecule has 1 atom stereocenters. The first-order chi connectivity index (χ1) is 8.70. The fourth-order valence-electron chi connectivity index (χ4n) is 1.73. The molecule has 94 valence electrons. The van der Waals surface area contributed by atoms with Crippen LogP contribution in [0.15, 0.2) is 48.5 Å². The highest BCUT2D eigenvalue weighted by Gasteiger charge is 2.11. The molecule has 1 N–H and O–H groups in total. The lowest BCUT2D eigenvalue weighted by molar-refractivity contribution is 0.170. The molecule has 0 aliphatic rings. The molecule has 0 bridgehead atoms. The van der Waals surface area contributed by atoms with Crippen LogP contribution in [0.2, 0.25) is 5.02 Å². The van der Waals surface area contributed by atoms with Crippen LogP contribution in [-0.4, -0.2) is 5.11 Å². The molecule has 3 heteroatoms. The van der Waals surface area contributed by atoms with E-state index in [-0.39, 0.29) is 0 Å². The van der Waals surface area contributed by atoms with Gasteiger partial charge in [0.05, 0.1) is 6.10 Å². The molecule has 0 amide bonds. The maximum atomic E-state index is 9.94. The Labute approximate surface area is 112 Å².